The van der Waals surface area contributed by atoms with Crippen molar-refractivity contribution in [3.63, 3.8) is 0 Å². The number of aliphatic hydroxyl groups excluding tert-OH is 2. The minimum absolute atomic E-state index is 0.133. The molecule has 0 spiro atoms. The van der Waals surface area contributed by atoms with Crippen molar-refractivity contribution in [3.8, 4) is 0 Å². The maximum Gasteiger partial charge on any atom is 0.114 e. The van der Waals surface area contributed by atoms with E-state index in [1.54, 1.807) is 0 Å². The Morgan fingerprint density at radius 3 is 2.38 bits per heavy atom. The van der Waals surface area contributed by atoms with Crippen LogP contribution in [0.1, 0.15) is 19.8 Å². The van der Waals surface area contributed by atoms with E-state index in [-0.39, 0.29) is 5.76 Å². The Morgan fingerprint density at radius 1 is 1.75 bits per heavy atom. The normalized spacial score (nSPS) is 13.2. The average molecular weight is 116 g/mol. The van der Waals surface area contributed by atoms with E-state index in [1.165, 1.54) is 0 Å². The van der Waals surface area contributed by atoms with E-state index in [2.05, 4.69) is 6.58 Å². The molecule has 0 heterocycles. The maximum atomic E-state index is 8.78. The van der Waals surface area contributed by atoms with E-state index in [1.807, 2.05) is 6.92 Å². The van der Waals surface area contributed by atoms with E-state index in [0.29, 0.717) is 6.42 Å². The van der Waals surface area contributed by atoms with Crippen LogP contribution in [0.3, 0.4) is 0 Å². The fourth-order valence-electron chi connectivity index (χ4n) is 0.440. The standard InChI is InChI=1S/C6H12O2/c1-3-4-6(8)5(2)7/h6-8H,2-4H2,1H3. The van der Waals surface area contributed by atoms with Gasteiger partial charge in [-0.3, -0.25) is 0 Å². The summed E-state index contributed by atoms with van der Waals surface area (Å²) in [6.45, 7) is 5.12. The first kappa shape index (κ1) is 7.50. The van der Waals surface area contributed by atoms with Crippen molar-refractivity contribution in [2.24, 2.45) is 0 Å². The van der Waals surface area contributed by atoms with E-state index in [4.69, 9.17) is 10.2 Å². The third-order valence-electron chi connectivity index (χ3n) is 0.947. The predicted molar refractivity (Wildman–Crippen MR) is 32.7 cm³/mol. The SMILES string of the molecule is C=C(O)C(O)CCC. The molecule has 0 aliphatic rings. The van der Waals surface area contributed by atoms with Crippen LogP contribution in [0.2, 0.25) is 0 Å². The van der Waals surface area contributed by atoms with Gasteiger partial charge in [-0.25, -0.2) is 0 Å². The van der Waals surface area contributed by atoms with Gasteiger partial charge in [0.05, 0.1) is 0 Å². The molecular weight excluding hydrogens is 104 g/mol. The highest BCUT2D eigenvalue weighted by molar-refractivity contribution is 4.87. The van der Waals surface area contributed by atoms with Crippen molar-refractivity contribution in [2.75, 3.05) is 0 Å². The third-order valence-corrected chi connectivity index (χ3v) is 0.947. The molecule has 0 aliphatic heterocycles. The van der Waals surface area contributed by atoms with Crippen LogP contribution >= 0.6 is 0 Å². The fourth-order valence-corrected chi connectivity index (χ4v) is 0.440. The Bertz CT molecular complexity index is 78.6. The van der Waals surface area contributed by atoms with Crippen molar-refractivity contribution in [2.45, 2.75) is 25.9 Å². The van der Waals surface area contributed by atoms with Crippen LogP contribution in [0.25, 0.3) is 0 Å². The van der Waals surface area contributed by atoms with Crippen molar-refractivity contribution in [1.29, 1.82) is 0 Å². The highest BCUT2D eigenvalue weighted by Gasteiger charge is 2.02. The monoisotopic (exact) mass is 116 g/mol. The summed E-state index contributed by atoms with van der Waals surface area (Å²) in [5.41, 5.74) is 0. The fraction of sp³-hybridized carbons (Fsp3) is 0.667. The molecule has 0 rings (SSSR count). The minimum atomic E-state index is -0.722. The summed E-state index contributed by atoms with van der Waals surface area (Å²) >= 11 is 0. The van der Waals surface area contributed by atoms with Gasteiger partial charge < -0.3 is 10.2 Å². The molecular formula is C6H12O2. The molecule has 48 valence electrons. The molecule has 1 atom stereocenters. The Hall–Kier alpha value is -0.500. The second-order valence-corrected chi connectivity index (χ2v) is 1.80. The van der Waals surface area contributed by atoms with Gasteiger partial charge in [-0.05, 0) is 6.42 Å². The van der Waals surface area contributed by atoms with Crippen molar-refractivity contribution in [1.82, 2.24) is 0 Å². The summed E-state index contributed by atoms with van der Waals surface area (Å²) in [6.07, 6.45) is 0.732. The molecule has 1 unspecified atom stereocenters. The summed E-state index contributed by atoms with van der Waals surface area (Å²) in [6, 6.07) is 0. The second-order valence-electron chi connectivity index (χ2n) is 1.80. The van der Waals surface area contributed by atoms with Crippen LogP contribution in [0.5, 0.6) is 0 Å². The average Bonchev–Trinajstić information content (AvgIpc) is 1.67. The molecule has 0 amide bonds. The molecule has 0 aromatic carbocycles. The molecule has 0 fully saturated rings. The summed E-state index contributed by atoms with van der Waals surface area (Å²) < 4.78 is 0. The summed E-state index contributed by atoms with van der Waals surface area (Å²) in [7, 11) is 0. The molecule has 0 saturated carbocycles. The van der Waals surface area contributed by atoms with Gasteiger partial charge in [0.25, 0.3) is 0 Å². The van der Waals surface area contributed by atoms with Crippen LogP contribution in [-0.4, -0.2) is 16.3 Å². The summed E-state index contributed by atoms with van der Waals surface area (Å²) in [5.74, 6) is -0.133. The van der Waals surface area contributed by atoms with E-state index < -0.39 is 6.10 Å². The lowest BCUT2D eigenvalue weighted by atomic mass is 10.2. The van der Waals surface area contributed by atoms with E-state index in [0.717, 1.165) is 6.42 Å². The quantitative estimate of drug-likeness (QED) is 0.544. The molecule has 2 nitrogen and oxygen atoms in total. The Kier molecular flexibility index (Phi) is 3.28. The predicted octanol–water partition coefficient (Wildman–Crippen LogP) is 1.22. The van der Waals surface area contributed by atoms with Crippen LogP contribution in [0.4, 0.5) is 0 Å². The highest BCUT2D eigenvalue weighted by Crippen LogP contribution is 2.01. The van der Waals surface area contributed by atoms with Crippen LogP contribution < -0.4 is 0 Å². The molecule has 8 heavy (non-hydrogen) atoms. The van der Waals surface area contributed by atoms with Gasteiger partial charge in [0.1, 0.15) is 11.9 Å². The third kappa shape index (κ3) is 2.64. The molecule has 2 heteroatoms. The maximum absolute atomic E-state index is 8.78. The zero-order valence-corrected chi connectivity index (χ0v) is 5.09. The first-order valence-electron chi connectivity index (χ1n) is 2.74. The Morgan fingerprint density at radius 2 is 2.25 bits per heavy atom. The van der Waals surface area contributed by atoms with Gasteiger partial charge in [-0.2, -0.15) is 0 Å². The van der Waals surface area contributed by atoms with Crippen molar-refractivity contribution in [3.05, 3.63) is 12.3 Å². The van der Waals surface area contributed by atoms with Crippen LogP contribution in [-0.2, 0) is 0 Å². The molecule has 0 radical (unpaired) electrons. The first-order valence-corrected chi connectivity index (χ1v) is 2.74. The zero-order chi connectivity index (χ0) is 6.57. The first-order chi connectivity index (χ1) is 3.68. The van der Waals surface area contributed by atoms with Crippen LogP contribution in [0.15, 0.2) is 12.3 Å². The minimum Gasteiger partial charge on any atom is -0.510 e. The van der Waals surface area contributed by atoms with Gasteiger partial charge in [-0.1, -0.05) is 19.9 Å². The molecule has 0 aliphatic carbocycles. The van der Waals surface area contributed by atoms with Gasteiger partial charge in [-0.15, -0.1) is 0 Å². The van der Waals surface area contributed by atoms with Gasteiger partial charge in [0, 0.05) is 0 Å². The van der Waals surface area contributed by atoms with E-state index >= 15 is 0 Å². The lowest BCUT2D eigenvalue weighted by molar-refractivity contribution is 0.145. The molecule has 2 N–H and O–H groups in total. The van der Waals surface area contributed by atoms with Gasteiger partial charge in [0.15, 0.2) is 0 Å². The largest absolute Gasteiger partial charge is 0.510 e. The summed E-state index contributed by atoms with van der Waals surface area (Å²) in [4.78, 5) is 0. The second kappa shape index (κ2) is 3.50. The number of hydrogen-bond acceptors (Lipinski definition) is 2. The molecule has 0 aromatic heterocycles. The number of aliphatic hydroxyl groups is 2. The van der Waals surface area contributed by atoms with Gasteiger partial charge >= 0.3 is 0 Å². The summed E-state index contributed by atoms with van der Waals surface area (Å²) in [5, 5.41) is 17.3. The van der Waals surface area contributed by atoms with Gasteiger partial charge in [0.2, 0.25) is 0 Å². The van der Waals surface area contributed by atoms with E-state index in [9.17, 15) is 0 Å². The number of hydrogen-bond donors (Lipinski definition) is 2. The van der Waals surface area contributed by atoms with Crippen LogP contribution in [0, 0.1) is 0 Å². The lowest BCUT2D eigenvalue weighted by Crippen LogP contribution is -2.07. The Balaban J connectivity index is 3.32. The zero-order valence-electron chi connectivity index (χ0n) is 5.09. The molecule has 0 aromatic rings. The lowest BCUT2D eigenvalue weighted by Gasteiger charge is -2.04. The van der Waals surface area contributed by atoms with Crippen molar-refractivity contribution >= 4 is 0 Å². The van der Waals surface area contributed by atoms with Crippen molar-refractivity contribution < 1.29 is 10.2 Å². The number of rotatable bonds is 3. The molecule has 0 saturated heterocycles. The smallest absolute Gasteiger partial charge is 0.114 e. The topological polar surface area (TPSA) is 40.5 Å². The Labute approximate surface area is 49.5 Å². The highest BCUT2D eigenvalue weighted by atomic mass is 16.3. The molecule has 0 bridgehead atoms.